The first-order chi connectivity index (χ1) is 9.69. The zero-order chi connectivity index (χ0) is 16.0. The first-order valence-electron chi connectivity index (χ1n) is 6.77. The average molecular weight is 314 g/mol. The van der Waals surface area contributed by atoms with Gasteiger partial charge < -0.3 is 4.89 Å². The summed E-state index contributed by atoms with van der Waals surface area (Å²) < 4.78 is 11.0. The molecule has 1 aromatic rings. The van der Waals surface area contributed by atoms with Gasteiger partial charge in [-0.05, 0) is 17.0 Å². The van der Waals surface area contributed by atoms with Gasteiger partial charge in [-0.2, -0.15) is 0 Å². The molecule has 1 rings (SSSR count). The standard InChI is InChI=1S/C14H23N2O4P/c1-11(2)13-6-4-12(5-7-13)9-16(18)14(17)8-15-10-21(3,19)20/h4-7,11,15,18H,8-10H2,1-3H3,(H,19,20). The van der Waals surface area contributed by atoms with Crippen LogP contribution in [0, 0.1) is 0 Å². The molecule has 6 nitrogen and oxygen atoms in total. The van der Waals surface area contributed by atoms with E-state index >= 15 is 0 Å². The highest BCUT2D eigenvalue weighted by Crippen LogP contribution is 2.32. The molecular formula is C14H23N2O4P. The summed E-state index contributed by atoms with van der Waals surface area (Å²) in [6.07, 6.45) is -0.157. The van der Waals surface area contributed by atoms with Crippen LogP contribution in [0.15, 0.2) is 24.3 Å². The van der Waals surface area contributed by atoms with Gasteiger partial charge in [0.25, 0.3) is 5.91 Å². The van der Waals surface area contributed by atoms with Gasteiger partial charge in [0.2, 0.25) is 7.37 Å². The van der Waals surface area contributed by atoms with Crippen LogP contribution in [0.5, 0.6) is 0 Å². The fourth-order valence-electron chi connectivity index (χ4n) is 1.73. The Kier molecular flexibility index (Phi) is 6.55. The molecular weight excluding hydrogens is 291 g/mol. The molecule has 0 saturated heterocycles. The van der Waals surface area contributed by atoms with E-state index in [4.69, 9.17) is 4.89 Å². The third-order valence-corrected chi connectivity index (χ3v) is 3.76. The van der Waals surface area contributed by atoms with Crippen molar-refractivity contribution in [2.75, 3.05) is 19.5 Å². The summed E-state index contributed by atoms with van der Waals surface area (Å²) in [4.78, 5) is 20.7. The van der Waals surface area contributed by atoms with Gasteiger partial charge in [-0.1, -0.05) is 38.1 Å². The maximum absolute atomic E-state index is 11.7. The van der Waals surface area contributed by atoms with Gasteiger partial charge in [0.1, 0.15) is 0 Å². The van der Waals surface area contributed by atoms with Gasteiger partial charge >= 0.3 is 0 Å². The van der Waals surface area contributed by atoms with E-state index in [9.17, 15) is 14.6 Å². The average Bonchev–Trinajstić information content (AvgIpc) is 2.37. The Balaban J connectivity index is 2.46. The van der Waals surface area contributed by atoms with Gasteiger partial charge in [-0.25, -0.2) is 5.06 Å². The normalized spacial score (nSPS) is 14.0. The van der Waals surface area contributed by atoms with Crippen molar-refractivity contribution >= 4 is 13.3 Å². The minimum atomic E-state index is -3.20. The summed E-state index contributed by atoms with van der Waals surface area (Å²) in [5.41, 5.74) is 2.01. The van der Waals surface area contributed by atoms with Crippen LogP contribution in [-0.4, -0.2) is 40.6 Å². The summed E-state index contributed by atoms with van der Waals surface area (Å²) in [5.74, 6) is -0.116. The lowest BCUT2D eigenvalue weighted by molar-refractivity contribution is -0.166. The van der Waals surface area contributed by atoms with Crippen molar-refractivity contribution in [1.82, 2.24) is 10.4 Å². The Morgan fingerprint density at radius 2 is 1.90 bits per heavy atom. The number of rotatable bonds is 7. The van der Waals surface area contributed by atoms with E-state index in [-0.39, 0.29) is 19.4 Å². The lowest BCUT2D eigenvalue weighted by Gasteiger charge is -2.16. The number of nitrogens with one attached hydrogen (secondary N) is 1. The van der Waals surface area contributed by atoms with Crippen LogP contribution in [0.3, 0.4) is 0 Å². The first-order valence-corrected chi connectivity index (χ1v) is 9.06. The number of carbonyl (C=O) groups is 1. The smallest absolute Gasteiger partial charge is 0.260 e. The van der Waals surface area contributed by atoms with Gasteiger partial charge in [0.15, 0.2) is 0 Å². The maximum atomic E-state index is 11.7. The van der Waals surface area contributed by atoms with E-state index in [1.54, 1.807) is 0 Å². The van der Waals surface area contributed by atoms with Crippen LogP contribution in [0.25, 0.3) is 0 Å². The summed E-state index contributed by atoms with van der Waals surface area (Å²) in [7, 11) is -3.20. The molecule has 0 aliphatic heterocycles. The quantitative estimate of drug-likeness (QED) is 0.407. The Morgan fingerprint density at radius 3 is 2.38 bits per heavy atom. The molecule has 0 bridgehead atoms. The molecule has 0 aliphatic rings. The Hall–Kier alpha value is -1.20. The predicted octanol–water partition coefficient (Wildman–Crippen LogP) is 1.98. The summed E-state index contributed by atoms with van der Waals surface area (Å²) in [6, 6.07) is 7.67. The van der Waals surface area contributed by atoms with Crippen LogP contribution in [0.4, 0.5) is 0 Å². The third-order valence-electron chi connectivity index (χ3n) is 2.95. The van der Waals surface area contributed by atoms with E-state index < -0.39 is 13.3 Å². The molecule has 21 heavy (non-hydrogen) atoms. The topological polar surface area (TPSA) is 89.9 Å². The van der Waals surface area contributed by atoms with Gasteiger partial charge in [0.05, 0.1) is 19.4 Å². The summed E-state index contributed by atoms with van der Waals surface area (Å²) in [6.45, 7) is 5.30. The SMILES string of the molecule is CC(C)c1ccc(CN(O)C(=O)CNCP(C)(=O)O)cc1. The maximum Gasteiger partial charge on any atom is 0.260 e. The molecule has 0 heterocycles. The zero-order valence-corrected chi connectivity index (χ0v) is 13.5. The highest BCUT2D eigenvalue weighted by molar-refractivity contribution is 7.57. The van der Waals surface area contributed by atoms with Crippen LogP contribution < -0.4 is 5.32 Å². The second-order valence-corrected chi connectivity index (χ2v) is 7.90. The molecule has 0 aromatic heterocycles. The van der Waals surface area contributed by atoms with Crippen molar-refractivity contribution in [2.24, 2.45) is 0 Å². The highest BCUT2D eigenvalue weighted by Gasteiger charge is 2.14. The monoisotopic (exact) mass is 314 g/mol. The van der Waals surface area contributed by atoms with Crippen molar-refractivity contribution in [2.45, 2.75) is 26.3 Å². The fraction of sp³-hybridized carbons (Fsp3) is 0.500. The third kappa shape index (κ3) is 6.87. The lowest BCUT2D eigenvalue weighted by atomic mass is 10.0. The number of nitrogens with zero attached hydrogens (tertiary/aromatic N) is 1. The van der Waals surface area contributed by atoms with E-state index in [0.717, 1.165) is 5.56 Å². The Labute approximate surface area is 125 Å². The molecule has 1 aromatic carbocycles. The number of benzene rings is 1. The Bertz CT molecular complexity index is 510. The molecule has 7 heteroatoms. The molecule has 1 atom stereocenters. The van der Waals surface area contributed by atoms with Crippen molar-refractivity contribution in [3.8, 4) is 0 Å². The number of hydrogen-bond donors (Lipinski definition) is 3. The molecule has 1 amide bonds. The van der Waals surface area contributed by atoms with Crippen LogP contribution in [-0.2, 0) is 15.9 Å². The van der Waals surface area contributed by atoms with E-state index in [0.29, 0.717) is 11.0 Å². The largest absolute Gasteiger partial charge is 0.344 e. The number of hydroxylamine groups is 2. The van der Waals surface area contributed by atoms with Crippen LogP contribution in [0.1, 0.15) is 30.9 Å². The predicted molar refractivity (Wildman–Crippen MR) is 81.5 cm³/mol. The number of carbonyl (C=O) groups excluding carboxylic acids is 1. The molecule has 0 radical (unpaired) electrons. The van der Waals surface area contributed by atoms with E-state index in [2.05, 4.69) is 19.2 Å². The zero-order valence-electron chi connectivity index (χ0n) is 12.6. The molecule has 1 unspecified atom stereocenters. The van der Waals surface area contributed by atoms with E-state index in [1.165, 1.54) is 12.2 Å². The highest BCUT2D eigenvalue weighted by atomic mass is 31.2. The second kappa shape index (κ2) is 7.71. The number of hydrogen-bond acceptors (Lipinski definition) is 4. The fourth-order valence-corrected chi connectivity index (χ4v) is 2.26. The summed E-state index contributed by atoms with van der Waals surface area (Å²) >= 11 is 0. The Morgan fingerprint density at radius 1 is 1.33 bits per heavy atom. The van der Waals surface area contributed by atoms with Crippen LogP contribution in [0.2, 0.25) is 0 Å². The molecule has 0 fully saturated rings. The second-order valence-electron chi connectivity index (χ2n) is 5.48. The molecule has 118 valence electrons. The molecule has 0 aliphatic carbocycles. The number of amides is 1. The van der Waals surface area contributed by atoms with Crippen molar-refractivity contribution < 1.29 is 19.5 Å². The van der Waals surface area contributed by atoms with Gasteiger partial charge in [-0.15, -0.1) is 0 Å². The van der Waals surface area contributed by atoms with Crippen LogP contribution >= 0.6 is 7.37 Å². The minimum Gasteiger partial charge on any atom is -0.344 e. The molecule has 0 saturated carbocycles. The van der Waals surface area contributed by atoms with Crippen molar-refractivity contribution in [1.29, 1.82) is 0 Å². The molecule has 3 N–H and O–H groups in total. The van der Waals surface area contributed by atoms with E-state index in [1.807, 2.05) is 24.3 Å². The van der Waals surface area contributed by atoms with Gasteiger partial charge in [0, 0.05) is 6.66 Å². The molecule has 0 spiro atoms. The first kappa shape index (κ1) is 17.9. The summed E-state index contributed by atoms with van der Waals surface area (Å²) in [5, 5.41) is 12.8. The minimum absolute atomic E-state index is 0.0851. The lowest BCUT2D eigenvalue weighted by Crippen LogP contribution is -2.35. The van der Waals surface area contributed by atoms with Crippen molar-refractivity contribution in [3.63, 3.8) is 0 Å². The van der Waals surface area contributed by atoms with Gasteiger partial charge in [-0.3, -0.25) is 19.9 Å². The van der Waals surface area contributed by atoms with Crippen molar-refractivity contribution in [3.05, 3.63) is 35.4 Å².